The van der Waals surface area contributed by atoms with Gasteiger partial charge in [0.2, 0.25) is 0 Å². The minimum Gasteiger partial charge on any atom is -0.504 e. The van der Waals surface area contributed by atoms with Gasteiger partial charge in [-0.1, -0.05) is 19.3 Å². The zero-order valence-electron chi connectivity index (χ0n) is 11.0. The zero-order valence-corrected chi connectivity index (χ0v) is 11.0. The van der Waals surface area contributed by atoms with E-state index in [1.54, 1.807) is 19.2 Å². The Kier molecular flexibility index (Phi) is 3.66. The van der Waals surface area contributed by atoms with Crippen molar-refractivity contribution in [1.29, 1.82) is 0 Å². The highest BCUT2D eigenvalue weighted by atomic mass is 16.5. The van der Waals surface area contributed by atoms with E-state index in [1.807, 2.05) is 0 Å². The number of methoxy groups -OCH3 is 2. The third-order valence-corrected chi connectivity index (χ3v) is 3.78. The minimum atomic E-state index is -0.370. The molecule has 2 rings (SSSR count). The summed E-state index contributed by atoms with van der Waals surface area (Å²) in [5.41, 5.74) is 7.07. The molecule has 4 heteroatoms. The normalized spacial score (nSPS) is 18.4. The predicted molar refractivity (Wildman–Crippen MR) is 70.2 cm³/mol. The molecule has 4 nitrogen and oxygen atoms in total. The fourth-order valence-electron chi connectivity index (χ4n) is 2.72. The molecule has 1 aromatic rings. The Morgan fingerprint density at radius 3 is 2.22 bits per heavy atom. The summed E-state index contributed by atoms with van der Waals surface area (Å²) in [6.45, 7) is 0. The smallest absolute Gasteiger partial charge is 0.161 e. The van der Waals surface area contributed by atoms with Crippen LogP contribution < -0.4 is 15.2 Å². The molecular weight excluding hydrogens is 230 g/mol. The highest BCUT2D eigenvalue weighted by molar-refractivity contribution is 5.52. The lowest BCUT2D eigenvalue weighted by atomic mass is 9.77. The number of aromatic hydroxyl groups is 1. The van der Waals surface area contributed by atoms with Gasteiger partial charge in [0.25, 0.3) is 0 Å². The molecule has 0 bridgehead atoms. The van der Waals surface area contributed by atoms with Crippen molar-refractivity contribution in [3.8, 4) is 17.2 Å². The van der Waals surface area contributed by atoms with Crippen LogP contribution >= 0.6 is 0 Å². The number of phenolic OH excluding ortho intramolecular Hbond substituents is 1. The third-order valence-electron chi connectivity index (χ3n) is 3.78. The van der Waals surface area contributed by atoms with Crippen molar-refractivity contribution >= 4 is 0 Å². The molecular formula is C14H21NO3. The van der Waals surface area contributed by atoms with Crippen molar-refractivity contribution < 1.29 is 14.6 Å². The Hall–Kier alpha value is -1.42. The average molecular weight is 251 g/mol. The molecule has 100 valence electrons. The van der Waals surface area contributed by atoms with Gasteiger partial charge in [0.1, 0.15) is 5.75 Å². The summed E-state index contributed by atoms with van der Waals surface area (Å²) < 4.78 is 10.5. The fraction of sp³-hybridized carbons (Fsp3) is 0.571. The van der Waals surface area contributed by atoms with Gasteiger partial charge in [0.05, 0.1) is 14.2 Å². The zero-order chi connectivity index (χ0) is 13.2. The Morgan fingerprint density at radius 2 is 1.67 bits per heavy atom. The summed E-state index contributed by atoms with van der Waals surface area (Å²) in [4.78, 5) is 0. The first-order valence-electron chi connectivity index (χ1n) is 6.35. The molecule has 0 atom stereocenters. The van der Waals surface area contributed by atoms with E-state index in [2.05, 4.69) is 0 Å². The van der Waals surface area contributed by atoms with Gasteiger partial charge in [-0.25, -0.2) is 0 Å². The second kappa shape index (κ2) is 5.06. The second-order valence-corrected chi connectivity index (χ2v) is 4.94. The van der Waals surface area contributed by atoms with E-state index in [0.29, 0.717) is 11.5 Å². The monoisotopic (exact) mass is 251 g/mol. The van der Waals surface area contributed by atoms with Gasteiger partial charge in [-0.2, -0.15) is 0 Å². The average Bonchev–Trinajstić information content (AvgIpc) is 2.39. The molecule has 0 heterocycles. The van der Waals surface area contributed by atoms with Crippen molar-refractivity contribution in [2.75, 3.05) is 14.2 Å². The van der Waals surface area contributed by atoms with Crippen LogP contribution in [0.15, 0.2) is 12.1 Å². The maximum atomic E-state index is 9.78. The second-order valence-electron chi connectivity index (χ2n) is 4.94. The van der Waals surface area contributed by atoms with Crippen LogP contribution in [0.5, 0.6) is 17.2 Å². The number of hydrogen-bond donors (Lipinski definition) is 2. The van der Waals surface area contributed by atoms with Crippen LogP contribution in [0.4, 0.5) is 0 Å². The lowest BCUT2D eigenvalue weighted by molar-refractivity contribution is 0.285. The quantitative estimate of drug-likeness (QED) is 0.866. The van der Waals surface area contributed by atoms with E-state index >= 15 is 0 Å². The third kappa shape index (κ3) is 2.25. The first-order chi connectivity index (χ1) is 8.60. The molecule has 0 amide bonds. The summed E-state index contributed by atoms with van der Waals surface area (Å²) in [6.07, 6.45) is 5.37. The highest BCUT2D eigenvalue weighted by Crippen LogP contribution is 2.43. The van der Waals surface area contributed by atoms with Crippen molar-refractivity contribution in [2.45, 2.75) is 37.6 Å². The number of benzene rings is 1. The van der Waals surface area contributed by atoms with Crippen LogP contribution in [0.3, 0.4) is 0 Å². The lowest BCUT2D eigenvalue weighted by Gasteiger charge is -2.35. The van der Waals surface area contributed by atoms with Crippen LogP contribution in [0, 0.1) is 0 Å². The molecule has 1 aliphatic carbocycles. The number of phenols is 1. The highest BCUT2D eigenvalue weighted by Gasteiger charge is 2.33. The molecule has 1 aliphatic rings. The Morgan fingerprint density at radius 1 is 1.06 bits per heavy atom. The minimum absolute atomic E-state index is 0.0810. The number of nitrogens with two attached hydrogens (primary N) is 1. The number of rotatable bonds is 3. The maximum Gasteiger partial charge on any atom is 0.161 e. The van der Waals surface area contributed by atoms with Crippen LogP contribution in [0.1, 0.15) is 37.7 Å². The van der Waals surface area contributed by atoms with Crippen LogP contribution in [0.2, 0.25) is 0 Å². The summed E-state index contributed by atoms with van der Waals surface area (Å²) in [7, 11) is 3.13. The molecule has 18 heavy (non-hydrogen) atoms. The molecule has 1 aromatic carbocycles. The Balaban J connectivity index is 2.47. The summed E-state index contributed by atoms with van der Waals surface area (Å²) in [5, 5.41) is 9.78. The number of ether oxygens (including phenoxy) is 2. The van der Waals surface area contributed by atoms with E-state index in [4.69, 9.17) is 15.2 Å². The topological polar surface area (TPSA) is 64.7 Å². The first-order valence-corrected chi connectivity index (χ1v) is 6.35. The first kappa shape index (κ1) is 13.0. The van der Waals surface area contributed by atoms with Gasteiger partial charge in [0, 0.05) is 17.2 Å². The van der Waals surface area contributed by atoms with E-state index in [9.17, 15) is 5.11 Å². The largest absolute Gasteiger partial charge is 0.504 e. The maximum absolute atomic E-state index is 9.78. The molecule has 0 radical (unpaired) electrons. The molecule has 0 aliphatic heterocycles. The lowest BCUT2D eigenvalue weighted by Crippen LogP contribution is -2.38. The van der Waals surface area contributed by atoms with Gasteiger partial charge in [-0.3, -0.25) is 0 Å². The van der Waals surface area contributed by atoms with E-state index in [1.165, 1.54) is 13.5 Å². The Labute approximate surface area is 108 Å². The van der Waals surface area contributed by atoms with Gasteiger partial charge in [-0.05, 0) is 18.9 Å². The predicted octanol–water partition coefficient (Wildman–Crippen LogP) is 2.53. The summed E-state index contributed by atoms with van der Waals surface area (Å²) >= 11 is 0. The van der Waals surface area contributed by atoms with Crippen molar-refractivity contribution in [2.24, 2.45) is 5.73 Å². The van der Waals surface area contributed by atoms with Crippen LogP contribution in [-0.4, -0.2) is 19.3 Å². The SMILES string of the molecule is COc1cc(C2(N)CCCCC2)c(OC)cc1O. The van der Waals surface area contributed by atoms with Gasteiger partial charge in [-0.15, -0.1) is 0 Å². The van der Waals surface area contributed by atoms with E-state index < -0.39 is 0 Å². The van der Waals surface area contributed by atoms with Crippen LogP contribution in [0.25, 0.3) is 0 Å². The molecule has 3 N–H and O–H groups in total. The van der Waals surface area contributed by atoms with Gasteiger partial charge in [0.15, 0.2) is 11.5 Å². The molecule has 1 fully saturated rings. The standard InChI is InChI=1S/C14H21NO3/c1-17-12-9-11(16)13(18-2)8-10(12)14(15)6-4-3-5-7-14/h8-9,16H,3-7,15H2,1-2H3. The van der Waals surface area contributed by atoms with Crippen molar-refractivity contribution in [1.82, 2.24) is 0 Å². The van der Waals surface area contributed by atoms with Gasteiger partial charge >= 0.3 is 0 Å². The molecule has 1 saturated carbocycles. The number of hydrogen-bond acceptors (Lipinski definition) is 4. The van der Waals surface area contributed by atoms with Crippen LogP contribution in [-0.2, 0) is 5.54 Å². The van der Waals surface area contributed by atoms with E-state index in [-0.39, 0.29) is 11.3 Å². The molecule has 0 aromatic heterocycles. The summed E-state index contributed by atoms with van der Waals surface area (Å²) in [6, 6.07) is 3.39. The molecule has 0 saturated heterocycles. The van der Waals surface area contributed by atoms with Gasteiger partial charge < -0.3 is 20.3 Å². The summed E-state index contributed by atoms with van der Waals surface area (Å²) in [5.74, 6) is 1.16. The molecule has 0 unspecified atom stereocenters. The van der Waals surface area contributed by atoms with Crippen molar-refractivity contribution in [3.63, 3.8) is 0 Å². The van der Waals surface area contributed by atoms with E-state index in [0.717, 1.165) is 31.2 Å². The van der Waals surface area contributed by atoms with Crippen molar-refractivity contribution in [3.05, 3.63) is 17.7 Å². The molecule has 0 spiro atoms. The fourth-order valence-corrected chi connectivity index (χ4v) is 2.72. The Bertz CT molecular complexity index is 425.